The molecule has 80 valence electrons. The molecule has 0 aliphatic rings. The smallest absolute Gasteiger partial charge is 0.126 e. The Labute approximate surface area is 91.1 Å². The third-order valence-corrected chi connectivity index (χ3v) is 2.35. The van der Waals surface area contributed by atoms with Crippen molar-refractivity contribution >= 4 is 5.57 Å². The molecule has 1 heteroatoms. The summed E-state index contributed by atoms with van der Waals surface area (Å²) in [7, 11) is 0. The van der Waals surface area contributed by atoms with Gasteiger partial charge in [0.25, 0.3) is 0 Å². The molecule has 15 heavy (non-hydrogen) atoms. The van der Waals surface area contributed by atoms with Gasteiger partial charge in [-0.3, -0.25) is 0 Å². The van der Waals surface area contributed by atoms with Crippen molar-refractivity contribution in [2.24, 2.45) is 0 Å². The van der Waals surface area contributed by atoms with Crippen LogP contribution in [0.5, 0.6) is 0 Å². The van der Waals surface area contributed by atoms with Crippen LogP contribution in [0.3, 0.4) is 0 Å². The number of allylic oxidation sites excluding steroid dienone is 4. The highest BCUT2D eigenvalue weighted by molar-refractivity contribution is 5.69. The van der Waals surface area contributed by atoms with Crippen LogP contribution in [-0.4, -0.2) is 0 Å². The second kappa shape index (κ2) is 5.50. The van der Waals surface area contributed by atoms with Gasteiger partial charge in [0, 0.05) is 0 Å². The van der Waals surface area contributed by atoms with E-state index in [1.54, 1.807) is 6.08 Å². The van der Waals surface area contributed by atoms with Crippen LogP contribution in [-0.2, 0) is 0 Å². The van der Waals surface area contributed by atoms with Crippen LogP contribution < -0.4 is 0 Å². The molecule has 1 rings (SSSR count). The monoisotopic (exact) mass is 204 g/mol. The van der Waals surface area contributed by atoms with E-state index in [2.05, 4.69) is 0 Å². The molecule has 0 aliphatic heterocycles. The number of rotatable bonds is 3. The molecule has 0 unspecified atom stereocenters. The summed E-state index contributed by atoms with van der Waals surface area (Å²) in [5.41, 5.74) is 2.94. The summed E-state index contributed by atoms with van der Waals surface area (Å²) in [5.74, 6) is -0.135. The summed E-state index contributed by atoms with van der Waals surface area (Å²) >= 11 is 0. The lowest BCUT2D eigenvalue weighted by atomic mass is 10.0. The normalized spacial score (nSPS) is 13.1. The van der Waals surface area contributed by atoms with Crippen LogP contribution in [0.2, 0.25) is 0 Å². The van der Waals surface area contributed by atoms with Crippen LogP contribution >= 0.6 is 0 Å². The Morgan fingerprint density at radius 1 is 1.27 bits per heavy atom. The molecule has 0 saturated heterocycles. The molecule has 1 aromatic carbocycles. The predicted molar refractivity (Wildman–Crippen MR) is 64.3 cm³/mol. The van der Waals surface area contributed by atoms with Gasteiger partial charge in [-0.15, -0.1) is 0 Å². The highest BCUT2D eigenvalue weighted by atomic mass is 19.1. The standard InChI is InChI=1S/C14H17F/c1-4-6-14(15)13(5-2)12-9-7-11(3)8-10-12/h4,6-10H,5H2,1-3H3/b6-4-,14-13-. The first kappa shape index (κ1) is 11.7. The summed E-state index contributed by atoms with van der Waals surface area (Å²) in [5, 5.41) is 0. The fraction of sp³-hybridized carbons (Fsp3) is 0.286. The Balaban J connectivity index is 3.12. The maximum absolute atomic E-state index is 13.6. The van der Waals surface area contributed by atoms with Crippen molar-refractivity contribution in [3.63, 3.8) is 0 Å². The molecular weight excluding hydrogens is 187 g/mol. The first-order valence-electron chi connectivity index (χ1n) is 5.27. The molecule has 0 nitrogen and oxygen atoms in total. The first-order chi connectivity index (χ1) is 7.19. The molecule has 0 radical (unpaired) electrons. The van der Waals surface area contributed by atoms with Gasteiger partial charge in [0.05, 0.1) is 0 Å². The van der Waals surface area contributed by atoms with Gasteiger partial charge in [-0.1, -0.05) is 42.8 Å². The molecule has 0 saturated carbocycles. The molecule has 0 spiro atoms. The van der Waals surface area contributed by atoms with Gasteiger partial charge < -0.3 is 0 Å². The maximum Gasteiger partial charge on any atom is 0.126 e. The van der Waals surface area contributed by atoms with Crippen molar-refractivity contribution in [1.29, 1.82) is 0 Å². The Bertz CT molecular complexity index is 369. The fourth-order valence-corrected chi connectivity index (χ4v) is 1.51. The zero-order valence-electron chi connectivity index (χ0n) is 9.55. The molecule has 0 amide bonds. The number of aryl methyl sites for hydroxylation is 1. The Kier molecular flexibility index (Phi) is 4.29. The van der Waals surface area contributed by atoms with E-state index >= 15 is 0 Å². The largest absolute Gasteiger partial charge is 0.207 e. The Hall–Kier alpha value is -1.37. The molecule has 0 aliphatic carbocycles. The average Bonchev–Trinajstić information content (AvgIpc) is 2.22. The van der Waals surface area contributed by atoms with E-state index < -0.39 is 0 Å². The lowest BCUT2D eigenvalue weighted by molar-refractivity contribution is 0.666. The van der Waals surface area contributed by atoms with Gasteiger partial charge in [-0.05, 0) is 37.5 Å². The van der Waals surface area contributed by atoms with Gasteiger partial charge >= 0.3 is 0 Å². The first-order valence-corrected chi connectivity index (χ1v) is 5.27. The molecule has 1 aromatic rings. The third kappa shape index (κ3) is 3.05. The minimum absolute atomic E-state index is 0.135. The van der Waals surface area contributed by atoms with Crippen LogP contribution in [0.15, 0.2) is 42.2 Å². The van der Waals surface area contributed by atoms with Crippen molar-refractivity contribution in [2.45, 2.75) is 27.2 Å². The maximum atomic E-state index is 13.6. The summed E-state index contributed by atoms with van der Waals surface area (Å²) in [6, 6.07) is 7.95. The van der Waals surface area contributed by atoms with E-state index in [4.69, 9.17) is 0 Å². The van der Waals surface area contributed by atoms with Crippen molar-refractivity contribution < 1.29 is 4.39 Å². The summed E-state index contributed by atoms with van der Waals surface area (Å²) < 4.78 is 13.6. The Morgan fingerprint density at radius 3 is 2.33 bits per heavy atom. The van der Waals surface area contributed by atoms with E-state index in [0.29, 0.717) is 6.42 Å². The summed E-state index contributed by atoms with van der Waals surface area (Å²) in [4.78, 5) is 0. The fourth-order valence-electron chi connectivity index (χ4n) is 1.51. The number of benzene rings is 1. The molecule has 0 bridgehead atoms. The van der Waals surface area contributed by atoms with E-state index in [0.717, 1.165) is 11.1 Å². The number of halogens is 1. The zero-order valence-corrected chi connectivity index (χ0v) is 9.55. The lowest BCUT2D eigenvalue weighted by Crippen LogP contribution is -1.86. The van der Waals surface area contributed by atoms with Gasteiger partial charge in [0.1, 0.15) is 5.83 Å². The van der Waals surface area contributed by atoms with Gasteiger partial charge in [0.2, 0.25) is 0 Å². The van der Waals surface area contributed by atoms with Gasteiger partial charge in [0.15, 0.2) is 0 Å². The Morgan fingerprint density at radius 2 is 1.87 bits per heavy atom. The average molecular weight is 204 g/mol. The van der Waals surface area contributed by atoms with Crippen LogP contribution in [0.1, 0.15) is 31.4 Å². The van der Waals surface area contributed by atoms with Crippen molar-refractivity contribution in [2.75, 3.05) is 0 Å². The quantitative estimate of drug-likeness (QED) is 0.628. The van der Waals surface area contributed by atoms with Crippen LogP contribution in [0.4, 0.5) is 4.39 Å². The molecule has 0 aromatic heterocycles. The zero-order chi connectivity index (χ0) is 11.3. The molecule has 0 fully saturated rings. The van der Waals surface area contributed by atoms with Gasteiger partial charge in [-0.25, -0.2) is 4.39 Å². The van der Waals surface area contributed by atoms with Crippen LogP contribution in [0, 0.1) is 6.92 Å². The summed E-state index contributed by atoms with van der Waals surface area (Å²) in [6.07, 6.45) is 3.94. The topological polar surface area (TPSA) is 0 Å². The molecule has 0 N–H and O–H groups in total. The third-order valence-electron chi connectivity index (χ3n) is 2.35. The molecule has 0 heterocycles. The van der Waals surface area contributed by atoms with E-state index in [9.17, 15) is 4.39 Å². The lowest BCUT2D eigenvalue weighted by Gasteiger charge is -2.06. The minimum Gasteiger partial charge on any atom is -0.207 e. The number of hydrogen-bond donors (Lipinski definition) is 0. The molecule has 0 atom stereocenters. The summed E-state index contributed by atoms with van der Waals surface area (Å²) in [6.45, 7) is 5.82. The van der Waals surface area contributed by atoms with Crippen molar-refractivity contribution in [1.82, 2.24) is 0 Å². The second-order valence-corrected chi connectivity index (χ2v) is 3.55. The van der Waals surface area contributed by atoms with Gasteiger partial charge in [-0.2, -0.15) is 0 Å². The second-order valence-electron chi connectivity index (χ2n) is 3.55. The highest BCUT2D eigenvalue weighted by Gasteiger charge is 2.04. The minimum atomic E-state index is -0.135. The van der Waals surface area contributed by atoms with E-state index in [1.807, 2.05) is 45.0 Å². The molecular formula is C14H17F. The van der Waals surface area contributed by atoms with Crippen molar-refractivity contribution in [3.8, 4) is 0 Å². The highest BCUT2D eigenvalue weighted by Crippen LogP contribution is 2.24. The van der Waals surface area contributed by atoms with E-state index in [1.165, 1.54) is 11.6 Å². The SMILES string of the molecule is C/C=C\C(F)=C(/CC)c1ccc(C)cc1. The van der Waals surface area contributed by atoms with Crippen LogP contribution in [0.25, 0.3) is 5.57 Å². The predicted octanol–water partition coefficient (Wildman–Crippen LogP) is 4.66. The number of hydrogen-bond acceptors (Lipinski definition) is 0. The van der Waals surface area contributed by atoms with Crippen molar-refractivity contribution in [3.05, 3.63) is 53.4 Å². The van der Waals surface area contributed by atoms with E-state index in [-0.39, 0.29) is 5.83 Å².